The second kappa shape index (κ2) is 7.80. The molecular weight excluding hydrogens is 340 g/mol. The topological polar surface area (TPSA) is 73.6 Å². The van der Waals surface area contributed by atoms with Gasteiger partial charge in [-0.3, -0.25) is 4.79 Å². The molecule has 0 spiro atoms. The van der Waals surface area contributed by atoms with Crippen LogP contribution in [0.5, 0.6) is 5.75 Å². The highest BCUT2D eigenvalue weighted by Crippen LogP contribution is 2.47. The molecule has 2 aliphatic carbocycles. The van der Waals surface area contributed by atoms with Crippen molar-refractivity contribution in [3.05, 3.63) is 29.8 Å². The molecule has 4 atom stereocenters. The molecule has 4 rings (SSSR count). The van der Waals surface area contributed by atoms with Crippen LogP contribution in [-0.2, 0) is 14.9 Å². The molecule has 0 radical (unpaired) electrons. The van der Waals surface area contributed by atoms with E-state index in [1.807, 2.05) is 19.1 Å². The zero-order valence-corrected chi connectivity index (χ0v) is 16.3. The maximum Gasteiger partial charge on any atom is 0.224 e. The van der Waals surface area contributed by atoms with Gasteiger partial charge >= 0.3 is 0 Å². The number of carbonyl (C=O) groups excluding carboxylic acids is 1. The van der Waals surface area contributed by atoms with E-state index in [4.69, 9.17) is 15.2 Å². The van der Waals surface area contributed by atoms with E-state index in [1.54, 1.807) is 0 Å². The monoisotopic (exact) mass is 372 g/mol. The first kappa shape index (κ1) is 18.8. The quantitative estimate of drug-likeness (QED) is 0.805. The lowest BCUT2D eigenvalue weighted by molar-refractivity contribution is -0.127. The van der Waals surface area contributed by atoms with E-state index in [-0.39, 0.29) is 23.3 Å². The predicted molar refractivity (Wildman–Crippen MR) is 105 cm³/mol. The summed E-state index contributed by atoms with van der Waals surface area (Å²) in [6.45, 7) is 4.78. The summed E-state index contributed by atoms with van der Waals surface area (Å²) < 4.78 is 11.2. The highest BCUT2D eigenvalue weighted by molar-refractivity contribution is 5.80. The van der Waals surface area contributed by atoms with E-state index < -0.39 is 0 Å². The molecule has 1 saturated heterocycles. The van der Waals surface area contributed by atoms with E-state index in [1.165, 1.54) is 12.0 Å². The average molecular weight is 373 g/mol. The molecule has 5 nitrogen and oxygen atoms in total. The number of amides is 1. The van der Waals surface area contributed by atoms with Crippen molar-refractivity contribution < 1.29 is 14.3 Å². The van der Waals surface area contributed by atoms with Crippen LogP contribution in [0.25, 0.3) is 0 Å². The molecule has 3 N–H and O–H groups in total. The molecule has 1 aromatic carbocycles. The molecule has 3 fully saturated rings. The van der Waals surface area contributed by atoms with Crippen LogP contribution in [-0.4, -0.2) is 38.3 Å². The summed E-state index contributed by atoms with van der Waals surface area (Å²) in [4.78, 5) is 13.0. The first-order valence-electron chi connectivity index (χ1n) is 10.5. The van der Waals surface area contributed by atoms with Gasteiger partial charge in [0.2, 0.25) is 5.91 Å². The van der Waals surface area contributed by atoms with Crippen molar-refractivity contribution in [2.75, 3.05) is 26.4 Å². The number of ether oxygens (including phenoxy) is 2. The normalized spacial score (nSPS) is 31.6. The third kappa shape index (κ3) is 3.59. The molecule has 1 amide bonds. The van der Waals surface area contributed by atoms with Crippen LogP contribution in [0.1, 0.15) is 44.6 Å². The van der Waals surface area contributed by atoms with E-state index in [0.717, 1.165) is 44.6 Å². The Morgan fingerprint density at radius 3 is 2.56 bits per heavy atom. The van der Waals surface area contributed by atoms with Crippen molar-refractivity contribution in [1.29, 1.82) is 0 Å². The Bertz CT molecular complexity index is 652. The van der Waals surface area contributed by atoms with E-state index in [2.05, 4.69) is 17.4 Å². The fraction of sp³-hybridized carbons (Fsp3) is 0.682. The molecule has 2 bridgehead atoms. The first-order chi connectivity index (χ1) is 13.1. The van der Waals surface area contributed by atoms with Crippen LogP contribution < -0.4 is 15.8 Å². The Morgan fingerprint density at radius 2 is 1.93 bits per heavy atom. The van der Waals surface area contributed by atoms with Gasteiger partial charge in [-0.25, -0.2) is 0 Å². The average Bonchev–Trinajstić information content (AvgIpc) is 3.29. The maximum absolute atomic E-state index is 13.0. The van der Waals surface area contributed by atoms with Crippen molar-refractivity contribution in [1.82, 2.24) is 5.32 Å². The van der Waals surface area contributed by atoms with Crippen LogP contribution in [0.4, 0.5) is 0 Å². The lowest BCUT2D eigenvalue weighted by atomic mass is 9.74. The van der Waals surface area contributed by atoms with Crippen LogP contribution in [0, 0.1) is 17.8 Å². The minimum atomic E-state index is -0.0691. The highest BCUT2D eigenvalue weighted by Gasteiger charge is 2.49. The molecule has 3 aliphatic rings. The second-order valence-corrected chi connectivity index (χ2v) is 8.50. The SMILES string of the molecule is CCOc1ccc(C2(CNC(=O)C3C4CCC(C4)C3N)CCOCC2)cc1. The minimum Gasteiger partial charge on any atom is -0.494 e. The summed E-state index contributed by atoms with van der Waals surface area (Å²) in [6, 6.07) is 8.39. The Kier molecular flexibility index (Phi) is 5.42. The van der Waals surface area contributed by atoms with Crippen LogP contribution in [0.2, 0.25) is 0 Å². The summed E-state index contributed by atoms with van der Waals surface area (Å²) in [5.74, 6) is 2.09. The summed E-state index contributed by atoms with van der Waals surface area (Å²) >= 11 is 0. The molecule has 4 unspecified atom stereocenters. The standard InChI is InChI=1S/C22H32N2O3/c1-2-27-18-7-5-17(6-8-18)22(9-11-26-12-10-22)14-24-21(25)19-15-3-4-16(13-15)20(19)23/h5-8,15-16,19-20H,2-4,9-14,23H2,1H3,(H,24,25). The molecule has 1 aliphatic heterocycles. The summed E-state index contributed by atoms with van der Waals surface area (Å²) in [6.07, 6.45) is 5.34. The molecule has 2 saturated carbocycles. The van der Waals surface area contributed by atoms with Gasteiger partial charge in [0.1, 0.15) is 5.75 Å². The van der Waals surface area contributed by atoms with E-state index in [0.29, 0.717) is 25.0 Å². The molecule has 27 heavy (non-hydrogen) atoms. The van der Waals surface area contributed by atoms with Crippen molar-refractivity contribution in [3.8, 4) is 5.75 Å². The molecule has 5 heteroatoms. The second-order valence-electron chi connectivity index (χ2n) is 8.50. The number of nitrogens with two attached hydrogens (primary N) is 1. The van der Waals surface area contributed by atoms with Crippen LogP contribution >= 0.6 is 0 Å². The van der Waals surface area contributed by atoms with Crippen LogP contribution in [0.15, 0.2) is 24.3 Å². The lowest BCUT2D eigenvalue weighted by Crippen LogP contribution is -2.50. The van der Waals surface area contributed by atoms with Crippen molar-refractivity contribution in [2.24, 2.45) is 23.5 Å². The summed E-state index contributed by atoms with van der Waals surface area (Å²) in [7, 11) is 0. The van der Waals surface area contributed by atoms with Gasteiger partial charge in [-0.2, -0.15) is 0 Å². The fourth-order valence-electron chi connectivity index (χ4n) is 5.50. The van der Waals surface area contributed by atoms with Gasteiger partial charge in [0.05, 0.1) is 12.5 Å². The van der Waals surface area contributed by atoms with Gasteiger partial charge in [-0.15, -0.1) is 0 Å². The van der Waals surface area contributed by atoms with Gasteiger partial charge in [0.15, 0.2) is 0 Å². The maximum atomic E-state index is 13.0. The Hall–Kier alpha value is -1.59. The number of carbonyl (C=O) groups is 1. The molecule has 1 heterocycles. The zero-order chi connectivity index (χ0) is 18.9. The van der Waals surface area contributed by atoms with Crippen molar-refractivity contribution >= 4 is 5.91 Å². The Morgan fingerprint density at radius 1 is 1.22 bits per heavy atom. The predicted octanol–water partition coefficient (Wildman–Crippen LogP) is 2.62. The van der Waals surface area contributed by atoms with E-state index in [9.17, 15) is 4.79 Å². The van der Waals surface area contributed by atoms with Crippen LogP contribution in [0.3, 0.4) is 0 Å². The number of hydrogen-bond acceptors (Lipinski definition) is 4. The fourth-order valence-corrected chi connectivity index (χ4v) is 5.50. The third-order valence-electron chi connectivity index (χ3n) is 7.11. The minimum absolute atomic E-state index is 0.000899. The van der Waals surface area contributed by atoms with E-state index >= 15 is 0 Å². The number of fused-ring (bicyclic) bond motifs is 2. The summed E-state index contributed by atoms with van der Waals surface area (Å²) in [5, 5.41) is 3.28. The molecule has 148 valence electrons. The van der Waals surface area contributed by atoms with Gasteiger partial charge in [0, 0.05) is 31.2 Å². The van der Waals surface area contributed by atoms with Gasteiger partial charge in [0.25, 0.3) is 0 Å². The van der Waals surface area contributed by atoms with Crippen molar-refractivity contribution in [2.45, 2.75) is 50.5 Å². The number of benzene rings is 1. The molecular formula is C22H32N2O3. The van der Waals surface area contributed by atoms with Gasteiger partial charge in [-0.05, 0) is 68.6 Å². The third-order valence-corrected chi connectivity index (χ3v) is 7.11. The molecule has 1 aromatic rings. The van der Waals surface area contributed by atoms with Gasteiger partial charge in [-0.1, -0.05) is 12.1 Å². The number of hydrogen-bond donors (Lipinski definition) is 2. The largest absolute Gasteiger partial charge is 0.494 e. The Labute approximate surface area is 162 Å². The van der Waals surface area contributed by atoms with Gasteiger partial charge < -0.3 is 20.5 Å². The number of nitrogens with one attached hydrogen (secondary N) is 1. The zero-order valence-electron chi connectivity index (χ0n) is 16.3. The Balaban J connectivity index is 1.46. The lowest BCUT2D eigenvalue weighted by Gasteiger charge is -2.39. The number of rotatable bonds is 6. The first-order valence-corrected chi connectivity index (χ1v) is 10.5. The molecule has 0 aromatic heterocycles. The highest BCUT2D eigenvalue weighted by atomic mass is 16.5. The van der Waals surface area contributed by atoms with Crippen molar-refractivity contribution in [3.63, 3.8) is 0 Å². The summed E-state index contributed by atoms with van der Waals surface area (Å²) in [5.41, 5.74) is 7.56. The smallest absolute Gasteiger partial charge is 0.224 e.